The number of fused-ring (bicyclic) bond motifs is 7. The smallest absolute Gasteiger partial charge is 0.0540 e. The molecule has 0 unspecified atom stereocenters. The first-order valence-electron chi connectivity index (χ1n) is 23.6. The first-order chi connectivity index (χ1) is 31.5. The minimum Gasteiger partial charge on any atom is -0.309 e. The molecule has 0 saturated heterocycles. The van der Waals surface area contributed by atoms with Crippen LogP contribution in [0.25, 0.3) is 76.5 Å². The predicted molar refractivity (Wildman–Crippen MR) is 277 cm³/mol. The van der Waals surface area contributed by atoms with Crippen molar-refractivity contribution in [1.82, 2.24) is 0 Å². The number of unbranched alkanes of at least 4 members (excludes halogenated alkanes) is 2. The van der Waals surface area contributed by atoms with E-state index in [2.05, 4.69) is 221 Å². The van der Waals surface area contributed by atoms with E-state index in [1.165, 1.54) is 149 Å². The van der Waals surface area contributed by atoms with Crippen LogP contribution in [0.1, 0.15) is 74.6 Å². The van der Waals surface area contributed by atoms with Crippen LogP contribution in [0.3, 0.4) is 0 Å². The minimum absolute atomic E-state index is 0.0251. The summed E-state index contributed by atoms with van der Waals surface area (Å²) in [5.41, 5.74) is 17.2. The Balaban J connectivity index is 1.13. The Morgan fingerprint density at radius 3 is 1.34 bits per heavy atom. The monoisotopic (exact) mass is 825 g/mol. The average molecular weight is 826 g/mol. The lowest BCUT2D eigenvalue weighted by molar-refractivity contribution is 0.415. The van der Waals surface area contributed by atoms with Crippen LogP contribution in [-0.2, 0) is 5.41 Å². The number of hydrogen-bond acceptors (Lipinski definition) is 1. The van der Waals surface area contributed by atoms with E-state index in [-0.39, 0.29) is 5.41 Å². The Labute approximate surface area is 378 Å². The SMILES string of the molecule is CCCCC1(CCCC)c2ccccc2-c2cccc(-c3c4ccccc4c(-c4ccc(N(c5ccc(C)c6ccccc56)c5ccc(C)c6ccccc56)cc4)c4ccccc34)c21. The van der Waals surface area contributed by atoms with E-state index in [9.17, 15) is 0 Å². The van der Waals surface area contributed by atoms with Crippen molar-refractivity contribution in [2.75, 3.05) is 4.90 Å². The third-order valence-corrected chi connectivity index (χ3v) is 14.5. The van der Waals surface area contributed by atoms with Crippen molar-refractivity contribution in [3.05, 3.63) is 210 Å². The molecular formula is C63H55N. The first kappa shape index (κ1) is 39.9. The number of benzene rings is 10. The van der Waals surface area contributed by atoms with E-state index in [0.717, 1.165) is 5.69 Å². The van der Waals surface area contributed by atoms with Gasteiger partial charge in [-0.3, -0.25) is 0 Å². The maximum Gasteiger partial charge on any atom is 0.0540 e. The quantitative estimate of drug-likeness (QED) is 0.117. The van der Waals surface area contributed by atoms with E-state index < -0.39 is 0 Å². The summed E-state index contributed by atoms with van der Waals surface area (Å²) in [7, 11) is 0. The van der Waals surface area contributed by atoms with Crippen molar-refractivity contribution >= 4 is 60.2 Å². The highest BCUT2D eigenvalue weighted by Gasteiger charge is 2.44. The molecule has 0 radical (unpaired) electrons. The molecule has 10 aromatic rings. The van der Waals surface area contributed by atoms with Crippen molar-refractivity contribution in [3.8, 4) is 33.4 Å². The van der Waals surface area contributed by atoms with Gasteiger partial charge in [-0.25, -0.2) is 0 Å². The van der Waals surface area contributed by atoms with E-state index in [1.807, 2.05) is 0 Å². The summed E-state index contributed by atoms with van der Waals surface area (Å²) >= 11 is 0. The van der Waals surface area contributed by atoms with Gasteiger partial charge in [-0.15, -0.1) is 0 Å². The van der Waals surface area contributed by atoms with Crippen LogP contribution in [-0.4, -0.2) is 0 Å². The Kier molecular flexibility index (Phi) is 10.2. The van der Waals surface area contributed by atoms with Gasteiger partial charge in [0.1, 0.15) is 0 Å². The zero-order valence-corrected chi connectivity index (χ0v) is 37.6. The standard InChI is InChI=1S/C63H55N/c1-5-7-40-63(41-8-6-2)57-31-18-17-22-48(57)55-29-19-30-56(62(55)63)61-53-27-15-13-25-51(53)60(52-26-14-16-28-54(52)61)44-34-36-45(37-35-44)64(58-38-32-42(3)46-20-9-11-23-49(46)58)59-39-33-43(4)47-21-10-12-24-50(47)59/h9-39H,5-8,40-41H2,1-4H3. The van der Waals surface area contributed by atoms with Gasteiger partial charge in [-0.05, 0) is 139 Å². The molecule has 312 valence electrons. The summed E-state index contributed by atoms with van der Waals surface area (Å²) in [6.07, 6.45) is 7.12. The topological polar surface area (TPSA) is 3.24 Å². The summed E-state index contributed by atoms with van der Waals surface area (Å²) < 4.78 is 0. The highest BCUT2D eigenvalue weighted by molar-refractivity contribution is 6.22. The second kappa shape index (κ2) is 16.3. The maximum absolute atomic E-state index is 2.48. The lowest BCUT2D eigenvalue weighted by Crippen LogP contribution is -2.26. The van der Waals surface area contributed by atoms with Crippen molar-refractivity contribution in [3.63, 3.8) is 0 Å². The van der Waals surface area contributed by atoms with Crippen molar-refractivity contribution in [1.29, 1.82) is 0 Å². The molecule has 0 bridgehead atoms. The minimum atomic E-state index is -0.0251. The summed E-state index contributed by atoms with van der Waals surface area (Å²) in [5, 5.41) is 10.2. The van der Waals surface area contributed by atoms with Gasteiger partial charge < -0.3 is 4.90 Å². The Morgan fingerprint density at radius 1 is 0.375 bits per heavy atom. The Bertz CT molecular complexity index is 3240. The summed E-state index contributed by atoms with van der Waals surface area (Å²) in [6.45, 7) is 9.12. The number of aryl methyl sites for hydroxylation is 2. The lowest BCUT2D eigenvalue weighted by Gasteiger charge is -2.34. The van der Waals surface area contributed by atoms with Gasteiger partial charge >= 0.3 is 0 Å². The van der Waals surface area contributed by atoms with E-state index in [1.54, 1.807) is 0 Å². The van der Waals surface area contributed by atoms with Gasteiger partial charge in [0.2, 0.25) is 0 Å². The maximum atomic E-state index is 2.48. The second-order valence-electron chi connectivity index (χ2n) is 18.2. The van der Waals surface area contributed by atoms with Crippen LogP contribution in [0, 0.1) is 13.8 Å². The summed E-state index contributed by atoms with van der Waals surface area (Å²) in [5.74, 6) is 0. The van der Waals surface area contributed by atoms with Crippen molar-refractivity contribution in [2.24, 2.45) is 0 Å². The van der Waals surface area contributed by atoms with Gasteiger partial charge in [0.25, 0.3) is 0 Å². The molecule has 1 heteroatoms. The van der Waals surface area contributed by atoms with Crippen LogP contribution in [0.4, 0.5) is 17.1 Å². The van der Waals surface area contributed by atoms with Crippen LogP contribution in [0.15, 0.2) is 188 Å². The van der Waals surface area contributed by atoms with Gasteiger partial charge in [-0.1, -0.05) is 203 Å². The molecule has 1 aliphatic rings. The summed E-state index contributed by atoms with van der Waals surface area (Å²) in [6, 6.07) is 71.1. The van der Waals surface area contributed by atoms with E-state index in [0.29, 0.717) is 0 Å². The number of anilines is 3. The van der Waals surface area contributed by atoms with E-state index in [4.69, 9.17) is 0 Å². The highest BCUT2D eigenvalue weighted by atomic mass is 15.1. The number of hydrogen-bond donors (Lipinski definition) is 0. The average Bonchev–Trinajstić information content (AvgIpc) is 3.63. The van der Waals surface area contributed by atoms with Crippen LogP contribution in [0.2, 0.25) is 0 Å². The molecule has 11 rings (SSSR count). The molecule has 10 aromatic carbocycles. The molecule has 0 N–H and O–H groups in total. The van der Waals surface area contributed by atoms with Crippen LogP contribution in [0.5, 0.6) is 0 Å². The Hall–Kier alpha value is -6.96. The van der Waals surface area contributed by atoms with Crippen LogP contribution < -0.4 is 4.90 Å². The normalized spacial score (nSPS) is 12.9. The largest absolute Gasteiger partial charge is 0.309 e. The van der Waals surface area contributed by atoms with Gasteiger partial charge in [0.05, 0.1) is 11.4 Å². The van der Waals surface area contributed by atoms with Crippen LogP contribution >= 0.6 is 0 Å². The Morgan fingerprint density at radius 2 is 0.812 bits per heavy atom. The molecule has 1 nitrogen and oxygen atoms in total. The van der Waals surface area contributed by atoms with Gasteiger partial charge in [-0.2, -0.15) is 0 Å². The molecule has 0 fully saturated rings. The van der Waals surface area contributed by atoms with Gasteiger partial charge in [0, 0.05) is 21.9 Å². The number of nitrogens with zero attached hydrogens (tertiary/aromatic N) is 1. The molecule has 0 aliphatic heterocycles. The molecule has 0 amide bonds. The highest BCUT2D eigenvalue weighted by Crippen LogP contribution is 2.58. The molecule has 0 heterocycles. The fraction of sp³-hybridized carbons (Fsp3) is 0.175. The third kappa shape index (κ3) is 6.28. The molecular weight excluding hydrogens is 771 g/mol. The molecule has 0 aromatic heterocycles. The molecule has 0 atom stereocenters. The molecule has 0 spiro atoms. The molecule has 64 heavy (non-hydrogen) atoms. The predicted octanol–water partition coefficient (Wildman–Crippen LogP) is 18.4. The van der Waals surface area contributed by atoms with E-state index >= 15 is 0 Å². The van der Waals surface area contributed by atoms with Crippen molar-refractivity contribution in [2.45, 2.75) is 71.6 Å². The second-order valence-corrected chi connectivity index (χ2v) is 18.2. The first-order valence-corrected chi connectivity index (χ1v) is 23.6. The molecule has 1 aliphatic carbocycles. The lowest BCUT2D eigenvalue weighted by atomic mass is 9.68. The number of rotatable bonds is 11. The zero-order valence-electron chi connectivity index (χ0n) is 37.6. The summed E-state index contributed by atoms with van der Waals surface area (Å²) in [4.78, 5) is 2.48. The fourth-order valence-electron chi connectivity index (χ4n) is 11.5. The zero-order chi connectivity index (χ0) is 43.4. The van der Waals surface area contributed by atoms with Crippen molar-refractivity contribution < 1.29 is 0 Å². The molecule has 0 saturated carbocycles. The fourth-order valence-corrected chi connectivity index (χ4v) is 11.5. The third-order valence-electron chi connectivity index (χ3n) is 14.5. The van der Waals surface area contributed by atoms with Gasteiger partial charge in [0.15, 0.2) is 0 Å².